The molecule has 17 heavy (non-hydrogen) atoms. The molecule has 0 amide bonds. The number of ketones is 1. The van der Waals surface area contributed by atoms with Crippen molar-refractivity contribution in [3.05, 3.63) is 44.1 Å². The lowest BCUT2D eigenvalue weighted by Crippen LogP contribution is -2.04. The number of nitrogen functional groups attached to an aromatic ring is 2. The maximum Gasteiger partial charge on any atom is 0.205 e. The van der Waals surface area contributed by atoms with Crippen LogP contribution in [0.2, 0.25) is 0 Å². The third kappa shape index (κ3) is 2.35. The molecular formula is C12H11BrN2OS. The second-order valence-electron chi connectivity index (χ2n) is 3.74. The van der Waals surface area contributed by atoms with Crippen LogP contribution in [0.4, 0.5) is 11.4 Å². The second kappa shape index (κ2) is 4.50. The van der Waals surface area contributed by atoms with Gasteiger partial charge in [-0.25, -0.2) is 0 Å². The van der Waals surface area contributed by atoms with Crippen LogP contribution in [-0.2, 0) is 0 Å². The standard InChI is InChI=1S/C12H11BrN2OS/c1-6-4-10(17-12(6)13)11(16)8-3-2-7(14)5-9(8)15/h2-5H,14-15H2,1H3. The van der Waals surface area contributed by atoms with Crippen LogP contribution in [-0.4, -0.2) is 5.78 Å². The molecule has 3 nitrogen and oxygen atoms in total. The average Bonchev–Trinajstić information content (AvgIpc) is 2.58. The van der Waals surface area contributed by atoms with Gasteiger partial charge >= 0.3 is 0 Å². The number of hydrogen-bond acceptors (Lipinski definition) is 4. The van der Waals surface area contributed by atoms with E-state index in [1.165, 1.54) is 11.3 Å². The summed E-state index contributed by atoms with van der Waals surface area (Å²) in [6.45, 7) is 1.95. The van der Waals surface area contributed by atoms with Crippen LogP contribution in [0, 0.1) is 6.92 Å². The average molecular weight is 311 g/mol. The van der Waals surface area contributed by atoms with Crippen LogP contribution in [0.15, 0.2) is 28.1 Å². The minimum atomic E-state index is -0.0682. The van der Waals surface area contributed by atoms with Gasteiger partial charge in [-0.05, 0) is 52.7 Å². The molecule has 4 N–H and O–H groups in total. The van der Waals surface area contributed by atoms with E-state index >= 15 is 0 Å². The van der Waals surface area contributed by atoms with Gasteiger partial charge in [-0.1, -0.05) is 0 Å². The first kappa shape index (κ1) is 12.1. The van der Waals surface area contributed by atoms with Crippen LogP contribution in [0.25, 0.3) is 0 Å². The maximum atomic E-state index is 12.2. The Balaban J connectivity index is 2.43. The number of carbonyl (C=O) groups excluding carboxylic acids is 1. The molecule has 1 heterocycles. The van der Waals surface area contributed by atoms with E-state index < -0.39 is 0 Å². The van der Waals surface area contributed by atoms with Crippen LogP contribution in [0.1, 0.15) is 20.8 Å². The fraction of sp³-hybridized carbons (Fsp3) is 0.0833. The van der Waals surface area contributed by atoms with Crippen LogP contribution in [0.5, 0.6) is 0 Å². The molecule has 0 spiro atoms. The number of benzene rings is 1. The monoisotopic (exact) mass is 310 g/mol. The zero-order valence-electron chi connectivity index (χ0n) is 9.16. The zero-order chi connectivity index (χ0) is 12.6. The molecule has 0 radical (unpaired) electrons. The molecule has 5 heteroatoms. The van der Waals surface area contributed by atoms with Crippen molar-refractivity contribution in [1.82, 2.24) is 0 Å². The largest absolute Gasteiger partial charge is 0.399 e. The highest BCUT2D eigenvalue weighted by atomic mass is 79.9. The van der Waals surface area contributed by atoms with Crippen LogP contribution < -0.4 is 11.5 Å². The Hall–Kier alpha value is -1.33. The molecule has 0 fully saturated rings. The Bertz CT molecular complexity index is 573. The van der Waals surface area contributed by atoms with Crippen molar-refractivity contribution in [2.24, 2.45) is 0 Å². The van der Waals surface area contributed by atoms with E-state index in [-0.39, 0.29) is 5.78 Å². The predicted octanol–water partition coefficient (Wildman–Crippen LogP) is 3.21. The van der Waals surface area contributed by atoms with E-state index in [0.29, 0.717) is 21.8 Å². The molecule has 0 saturated carbocycles. The summed E-state index contributed by atoms with van der Waals surface area (Å²) in [5.74, 6) is -0.0682. The van der Waals surface area contributed by atoms with Crippen molar-refractivity contribution in [3.63, 3.8) is 0 Å². The van der Waals surface area contributed by atoms with Crippen molar-refractivity contribution >= 4 is 44.4 Å². The summed E-state index contributed by atoms with van der Waals surface area (Å²) in [6, 6.07) is 6.80. The number of thiophene rings is 1. The normalized spacial score (nSPS) is 10.5. The Kier molecular flexibility index (Phi) is 3.22. The Morgan fingerprint density at radius 1 is 1.29 bits per heavy atom. The number of halogens is 1. The van der Waals surface area contributed by atoms with E-state index in [1.807, 2.05) is 13.0 Å². The number of anilines is 2. The summed E-state index contributed by atoms with van der Waals surface area (Å²) in [5, 5.41) is 0. The van der Waals surface area contributed by atoms with Crippen molar-refractivity contribution in [2.75, 3.05) is 11.5 Å². The number of carbonyl (C=O) groups is 1. The first-order chi connectivity index (χ1) is 7.99. The minimum absolute atomic E-state index is 0.0682. The molecule has 2 rings (SSSR count). The highest BCUT2D eigenvalue weighted by Crippen LogP contribution is 2.30. The van der Waals surface area contributed by atoms with Gasteiger partial charge in [-0.2, -0.15) is 0 Å². The highest BCUT2D eigenvalue weighted by Gasteiger charge is 2.15. The SMILES string of the molecule is Cc1cc(C(=O)c2ccc(N)cc2N)sc1Br. The van der Waals surface area contributed by atoms with Crippen molar-refractivity contribution in [3.8, 4) is 0 Å². The molecule has 2 aromatic rings. The van der Waals surface area contributed by atoms with Gasteiger partial charge in [0.1, 0.15) is 0 Å². The van der Waals surface area contributed by atoms with Crippen LogP contribution >= 0.6 is 27.3 Å². The summed E-state index contributed by atoms with van der Waals surface area (Å²) in [4.78, 5) is 12.9. The lowest BCUT2D eigenvalue weighted by Gasteiger charge is -2.03. The highest BCUT2D eigenvalue weighted by molar-refractivity contribution is 9.11. The van der Waals surface area contributed by atoms with Crippen LogP contribution in [0.3, 0.4) is 0 Å². The molecule has 0 aliphatic rings. The third-order valence-corrected chi connectivity index (χ3v) is 4.54. The smallest absolute Gasteiger partial charge is 0.205 e. The molecule has 1 aromatic heterocycles. The number of hydrogen-bond donors (Lipinski definition) is 2. The Morgan fingerprint density at radius 2 is 2.00 bits per heavy atom. The summed E-state index contributed by atoms with van der Waals surface area (Å²) < 4.78 is 0.967. The minimum Gasteiger partial charge on any atom is -0.399 e. The van der Waals surface area contributed by atoms with Gasteiger partial charge in [0.25, 0.3) is 0 Å². The van der Waals surface area contributed by atoms with Gasteiger partial charge in [0.15, 0.2) is 0 Å². The van der Waals surface area contributed by atoms with Gasteiger partial charge in [0.2, 0.25) is 5.78 Å². The molecule has 88 valence electrons. The summed E-state index contributed by atoms with van der Waals surface area (Å²) in [5.41, 5.74) is 13.9. The van der Waals surface area contributed by atoms with E-state index in [9.17, 15) is 4.79 Å². The molecule has 0 aliphatic carbocycles. The number of aryl methyl sites for hydroxylation is 1. The van der Waals surface area contributed by atoms with E-state index in [0.717, 1.165) is 9.35 Å². The summed E-state index contributed by atoms with van der Waals surface area (Å²) in [6.07, 6.45) is 0. The predicted molar refractivity (Wildman–Crippen MR) is 75.5 cm³/mol. The van der Waals surface area contributed by atoms with E-state index in [4.69, 9.17) is 11.5 Å². The number of rotatable bonds is 2. The zero-order valence-corrected chi connectivity index (χ0v) is 11.6. The Morgan fingerprint density at radius 3 is 2.53 bits per heavy atom. The molecule has 1 aromatic carbocycles. The lowest BCUT2D eigenvalue weighted by atomic mass is 10.1. The van der Waals surface area contributed by atoms with Crippen molar-refractivity contribution in [1.29, 1.82) is 0 Å². The van der Waals surface area contributed by atoms with E-state index in [2.05, 4.69) is 15.9 Å². The second-order valence-corrected chi connectivity index (χ2v) is 6.11. The van der Waals surface area contributed by atoms with Gasteiger partial charge in [-0.3, -0.25) is 4.79 Å². The quantitative estimate of drug-likeness (QED) is 0.661. The molecule has 0 saturated heterocycles. The van der Waals surface area contributed by atoms with Gasteiger partial charge < -0.3 is 11.5 Å². The van der Waals surface area contributed by atoms with Gasteiger partial charge in [0.05, 0.1) is 8.66 Å². The van der Waals surface area contributed by atoms with Gasteiger partial charge in [0, 0.05) is 16.9 Å². The molecular weight excluding hydrogens is 300 g/mol. The molecule has 0 aliphatic heterocycles. The lowest BCUT2D eigenvalue weighted by molar-refractivity contribution is 0.104. The fourth-order valence-electron chi connectivity index (χ4n) is 1.49. The van der Waals surface area contributed by atoms with E-state index in [1.54, 1.807) is 18.2 Å². The number of nitrogens with two attached hydrogens (primary N) is 2. The first-order valence-electron chi connectivity index (χ1n) is 4.94. The van der Waals surface area contributed by atoms with Crippen molar-refractivity contribution < 1.29 is 4.79 Å². The summed E-state index contributed by atoms with van der Waals surface area (Å²) >= 11 is 4.81. The summed E-state index contributed by atoms with van der Waals surface area (Å²) in [7, 11) is 0. The van der Waals surface area contributed by atoms with Gasteiger partial charge in [-0.15, -0.1) is 11.3 Å². The topological polar surface area (TPSA) is 69.1 Å². The van der Waals surface area contributed by atoms with Crippen molar-refractivity contribution in [2.45, 2.75) is 6.92 Å². The molecule has 0 unspecified atom stereocenters. The fourth-order valence-corrected chi connectivity index (χ4v) is 2.98. The molecule has 0 bridgehead atoms. The Labute approximate surface area is 112 Å². The third-order valence-electron chi connectivity index (χ3n) is 2.40. The molecule has 0 atom stereocenters. The maximum absolute atomic E-state index is 12.2. The first-order valence-corrected chi connectivity index (χ1v) is 6.55.